The van der Waals surface area contributed by atoms with Gasteiger partial charge in [-0.2, -0.15) is 5.98 Å². The second-order valence-electron chi connectivity index (χ2n) is 1.03. The molecule has 0 amide bonds. The fourth-order valence-electron chi connectivity index (χ4n) is 0. The summed E-state index contributed by atoms with van der Waals surface area (Å²) in [5.74, 6) is 0.667. The second-order valence-corrected chi connectivity index (χ2v) is 1.03. The average molecular weight is 88.9 g/mol. The molecule has 0 spiro atoms. The first kappa shape index (κ1) is 5.68. The lowest BCUT2D eigenvalue weighted by Crippen LogP contribution is -2.31. The number of hydrogen-bond donors (Lipinski definition) is 3. The molecule has 0 atom stereocenters. The zero-order valence-electron chi connectivity index (χ0n) is 3.20. The minimum Gasteiger partial charge on any atom is -0.556 e. The Morgan fingerprint density at radius 2 is 1.50 bits per heavy atom. The molecule has 0 aliphatic heterocycles. The highest BCUT2D eigenvalue weighted by atomic mass is 16.5. The van der Waals surface area contributed by atoms with E-state index in [0.29, 0.717) is 5.98 Å². The Labute approximate surface area is 35.6 Å². The third-order valence-electron chi connectivity index (χ3n) is 0.316. The SMILES string of the molecule is C=C[B-](O)(O)O. The Morgan fingerprint density at radius 3 is 1.50 bits per heavy atom. The van der Waals surface area contributed by atoms with E-state index in [9.17, 15) is 0 Å². The van der Waals surface area contributed by atoms with Crippen molar-refractivity contribution in [3.05, 3.63) is 12.6 Å². The van der Waals surface area contributed by atoms with Gasteiger partial charge in [0.05, 0.1) is 0 Å². The van der Waals surface area contributed by atoms with Crippen LogP contribution in [0.3, 0.4) is 0 Å². The van der Waals surface area contributed by atoms with Crippen molar-refractivity contribution < 1.29 is 15.1 Å². The summed E-state index contributed by atoms with van der Waals surface area (Å²) in [6.07, 6.45) is 0. The van der Waals surface area contributed by atoms with Crippen molar-refractivity contribution in [3.8, 4) is 0 Å². The fraction of sp³-hybridized carbons (Fsp3) is 0. The molecule has 0 fully saturated rings. The van der Waals surface area contributed by atoms with Crippen LogP contribution >= 0.6 is 0 Å². The maximum absolute atomic E-state index is 7.88. The van der Waals surface area contributed by atoms with Gasteiger partial charge < -0.3 is 15.1 Å². The van der Waals surface area contributed by atoms with Crippen LogP contribution in [0.1, 0.15) is 0 Å². The molecule has 0 unspecified atom stereocenters. The molecule has 0 aromatic heterocycles. The molecule has 3 N–H and O–H groups in total. The minimum atomic E-state index is -3.22. The molecule has 0 aromatic carbocycles. The van der Waals surface area contributed by atoms with Crippen LogP contribution < -0.4 is 0 Å². The van der Waals surface area contributed by atoms with Crippen molar-refractivity contribution in [2.45, 2.75) is 0 Å². The average Bonchev–Trinajstić information content (AvgIpc) is 1.35. The van der Waals surface area contributed by atoms with Crippen LogP contribution in [-0.2, 0) is 0 Å². The van der Waals surface area contributed by atoms with Crippen LogP contribution in [0.25, 0.3) is 0 Å². The summed E-state index contributed by atoms with van der Waals surface area (Å²) in [6, 6.07) is 0. The van der Waals surface area contributed by atoms with Crippen LogP contribution in [0.2, 0.25) is 0 Å². The Morgan fingerprint density at radius 1 is 1.33 bits per heavy atom. The van der Waals surface area contributed by atoms with E-state index in [2.05, 4.69) is 6.58 Å². The van der Waals surface area contributed by atoms with E-state index >= 15 is 0 Å². The van der Waals surface area contributed by atoms with Gasteiger partial charge in [-0.3, -0.25) is 0 Å². The molecule has 0 saturated heterocycles. The summed E-state index contributed by atoms with van der Waals surface area (Å²) in [6.45, 7) is -0.312. The van der Waals surface area contributed by atoms with Gasteiger partial charge in [0.2, 0.25) is 0 Å². The first-order valence-corrected chi connectivity index (χ1v) is 1.52. The molecule has 4 heteroatoms. The van der Waals surface area contributed by atoms with Crippen molar-refractivity contribution in [2.75, 3.05) is 0 Å². The zero-order chi connectivity index (χ0) is 5.21. The van der Waals surface area contributed by atoms with Crippen LogP contribution in [0.15, 0.2) is 12.6 Å². The molecule has 0 bridgehead atoms. The number of rotatable bonds is 1. The fourth-order valence-corrected chi connectivity index (χ4v) is 0. The standard InChI is InChI=1S/C2H6BO3/c1-2-3(4,5)6/h2,4-6H,1H2/q-1. The molecule has 6 heavy (non-hydrogen) atoms. The summed E-state index contributed by atoms with van der Waals surface area (Å²) in [7, 11) is 0. The van der Waals surface area contributed by atoms with Crippen molar-refractivity contribution in [1.82, 2.24) is 0 Å². The Bertz CT molecular complexity index is 54.3. The topological polar surface area (TPSA) is 60.7 Å². The van der Waals surface area contributed by atoms with E-state index in [-0.39, 0.29) is 0 Å². The van der Waals surface area contributed by atoms with Crippen LogP contribution in [0, 0.1) is 0 Å². The first-order valence-electron chi connectivity index (χ1n) is 1.52. The molecule has 0 aliphatic rings. The van der Waals surface area contributed by atoms with Gasteiger partial charge in [-0.05, 0) is 0 Å². The van der Waals surface area contributed by atoms with E-state index in [0.717, 1.165) is 0 Å². The number of hydrogen-bond acceptors (Lipinski definition) is 3. The van der Waals surface area contributed by atoms with E-state index in [1.165, 1.54) is 0 Å². The van der Waals surface area contributed by atoms with Crippen molar-refractivity contribution >= 4 is 6.75 Å². The Balaban J connectivity index is 3.45. The molecule has 0 aliphatic carbocycles. The van der Waals surface area contributed by atoms with Crippen molar-refractivity contribution in [3.63, 3.8) is 0 Å². The van der Waals surface area contributed by atoms with Gasteiger partial charge in [0.1, 0.15) is 0 Å². The lowest BCUT2D eigenvalue weighted by Gasteiger charge is -2.12. The van der Waals surface area contributed by atoms with E-state index in [4.69, 9.17) is 15.1 Å². The lowest BCUT2D eigenvalue weighted by atomic mass is 9.82. The normalized spacial score (nSPS) is 11.2. The molecular formula is C2H6BO3-. The monoisotopic (exact) mass is 89.0 g/mol. The maximum atomic E-state index is 7.88. The molecule has 0 saturated carbocycles. The van der Waals surface area contributed by atoms with E-state index in [1.807, 2.05) is 0 Å². The molecule has 36 valence electrons. The van der Waals surface area contributed by atoms with Crippen LogP contribution in [0.4, 0.5) is 0 Å². The third-order valence-corrected chi connectivity index (χ3v) is 0.316. The van der Waals surface area contributed by atoms with Gasteiger partial charge in [-0.15, -0.1) is 6.58 Å². The smallest absolute Gasteiger partial charge is 0.394 e. The van der Waals surface area contributed by atoms with Gasteiger partial charge in [-0.1, -0.05) is 0 Å². The molecule has 0 aromatic rings. The molecule has 3 nitrogen and oxygen atoms in total. The predicted octanol–water partition coefficient (Wildman–Crippen LogP) is -1.37. The molecular weight excluding hydrogens is 82.8 g/mol. The minimum absolute atomic E-state index is 0.667. The van der Waals surface area contributed by atoms with Crippen LogP contribution in [-0.4, -0.2) is 21.8 Å². The second kappa shape index (κ2) is 1.42. The van der Waals surface area contributed by atoms with Gasteiger partial charge in [0.15, 0.2) is 0 Å². The summed E-state index contributed by atoms with van der Waals surface area (Å²) >= 11 is 0. The summed E-state index contributed by atoms with van der Waals surface area (Å²) in [5.41, 5.74) is 0. The molecule has 0 heterocycles. The summed E-state index contributed by atoms with van der Waals surface area (Å²) in [5, 5.41) is 23.6. The van der Waals surface area contributed by atoms with Crippen molar-refractivity contribution in [2.24, 2.45) is 0 Å². The van der Waals surface area contributed by atoms with Gasteiger partial charge in [-0.25, -0.2) is 0 Å². The van der Waals surface area contributed by atoms with Crippen LogP contribution in [0.5, 0.6) is 0 Å². The third kappa shape index (κ3) is 3.68. The Kier molecular flexibility index (Phi) is 1.35. The zero-order valence-corrected chi connectivity index (χ0v) is 3.20. The van der Waals surface area contributed by atoms with Gasteiger partial charge in [0.25, 0.3) is 0 Å². The quantitative estimate of drug-likeness (QED) is 0.347. The lowest BCUT2D eigenvalue weighted by molar-refractivity contribution is 0.248. The highest BCUT2D eigenvalue weighted by Gasteiger charge is 2.05. The van der Waals surface area contributed by atoms with E-state index < -0.39 is 6.75 Å². The maximum Gasteiger partial charge on any atom is 0.394 e. The predicted molar refractivity (Wildman–Crippen MR) is 22.6 cm³/mol. The first-order chi connectivity index (χ1) is 2.56. The largest absolute Gasteiger partial charge is 0.556 e. The Hall–Kier alpha value is -0.315. The summed E-state index contributed by atoms with van der Waals surface area (Å²) < 4.78 is 0. The van der Waals surface area contributed by atoms with E-state index in [1.54, 1.807) is 0 Å². The van der Waals surface area contributed by atoms with Crippen molar-refractivity contribution in [1.29, 1.82) is 0 Å². The molecule has 0 rings (SSSR count). The highest BCUT2D eigenvalue weighted by Crippen LogP contribution is 1.80. The summed E-state index contributed by atoms with van der Waals surface area (Å²) in [4.78, 5) is 0. The van der Waals surface area contributed by atoms with Gasteiger partial charge in [0, 0.05) is 0 Å². The van der Waals surface area contributed by atoms with Gasteiger partial charge >= 0.3 is 6.75 Å². The molecule has 0 radical (unpaired) electrons. The highest BCUT2D eigenvalue weighted by molar-refractivity contribution is 6.61.